The lowest BCUT2D eigenvalue weighted by Crippen LogP contribution is -2.58. The highest BCUT2D eigenvalue weighted by Gasteiger charge is 2.38. The van der Waals surface area contributed by atoms with Crippen molar-refractivity contribution in [3.8, 4) is 0 Å². The van der Waals surface area contributed by atoms with Crippen LogP contribution < -0.4 is 5.32 Å². The van der Waals surface area contributed by atoms with Crippen molar-refractivity contribution in [2.75, 3.05) is 26.9 Å². The number of hydrogen-bond acceptors (Lipinski definition) is 5. The molecule has 5 heteroatoms. The molecule has 1 fully saturated rings. The van der Waals surface area contributed by atoms with Crippen molar-refractivity contribution in [2.45, 2.75) is 64.7 Å². The summed E-state index contributed by atoms with van der Waals surface area (Å²) in [5.74, 6) is -0.195. The van der Waals surface area contributed by atoms with E-state index in [9.17, 15) is 4.79 Å². The Labute approximate surface area is 123 Å². The quantitative estimate of drug-likeness (QED) is 0.748. The van der Waals surface area contributed by atoms with E-state index in [0.29, 0.717) is 12.1 Å². The molecule has 118 valence electrons. The van der Waals surface area contributed by atoms with Gasteiger partial charge < -0.3 is 9.47 Å². The molecule has 1 aliphatic heterocycles. The van der Waals surface area contributed by atoms with E-state index in [1.807, 2.05) is 20.8 Å². The molecule has 20 heavy (non-hydrogen) atoms. The fourth-order valence-corrected chi connectivity index (χ4v) is 3.17. The number of carbonyl (C=O) groups is 1. The lowest BCUT2D eigenvalue weighted by molar-refractivity contribution is -0.149. The third kappa shape index (κ3) is 4.43. The van der Waals surface area contributed by atoms with Crippen LogP contribution >= 0.6 is 0 Å². The maximum absolute atomic E-state index is 12.1. The van der Waals surface area contributed by atoms with Crippen molar-refractivity contribution < 1.29 is 14.3 Å². The zero-order chi connectivity index (χ0) is 15.3. The van der Waals surface area contributed by atoms with E-state index < -0.39 is 5.54 Å². The molecule has 1 aliphatic rings. The Morgan fingerprint density at radius 3 is 2.65 bits per heavy atom. The number of morpholine rings is 1. The first-order valence-electron chi connectivity index (χ1n) is 7.49. The minimum atomic E-state index is -0.652. The predicted octanol–water partition coefficient (Wildman–Crippen LogP) is 1.42. The highest BCUT2D eigenvalue weighted by atomic mass is 16.5. The number of carbonyl (C=O) groups excluding carboxylic acids is 1. The van der Waals surface area contributed by atoms with Gasteiger partial charge in [0.1, 0.15) is 5.54 Å². The normalized spacial score (nSPS) is 25.2. The monoisotopic (exact) mass is 286 g/mol. The van der Waals surface area contributed by atoms with Crippen molar-refractivity contribution in [1.29, 1.82) is 0 Å². The van der Waals surface area contributed by atoms with Gasteiger partial charge in [0.15, 0.2) is 0 Å². The molecule has 0 bridgehead atoms. The van der Waals surface area contributed by atoms with Crippen LogP contribution in [0.5, 0.6) is 0 Å². The van der Waals surface area contributed by atoms with E-state index >= 15 is 0 Å². The number of ether oxygens (including phenoxy) is 2. The Morgan fingerprint density at radius 1 is 1.50 bits per heavy atom. The lowest BCUT2D eigenvalue weighted by atomic mass is 9.91. The van der Waals surface area contributed by atoms with E-state index in [1.165, 1.54) is 7.11 Å². The Hall–Kier alpha value is -0.650. The summed E-state index contributed by atoms with van der Waals surface area (Å²) in [6.45, 7) is 12.8. The molecule has 3 atom stereocenters. The summed E-state index contributed by atoms with van der Waals surface area (Å²) in [5.41, 5.74) is -0.652. The number of esters is 1. The maximum atomic E-state index is 12.1. The van der Waals surface area contributed by atoms with Crippen molar-refractivity contribution in [3.63, 3.8) is 0 Å². The Morgan fingerprint density at radius 2 is 2.15 bits per heavy atom. The molecular weight excluding hydrogens is 256 g/mol. The number of nitrogens with zero attached hydrogens (tertiary/aromatic N) is 1. The standard InChI is InChI=1S/C15H30N2O3/c1-11(2)16-15(5,14(18)19-6)9-12(3)17-7-8-20-10-13(17)4/h11-13,16H,7-10H2,1-6H3. The number of methoxy groups -OCH3 is 1. The summed E-state index contributed by atoms with van der Waals surface area (Å²) in [6.07, 6.45) is 0.724. The van der Waals surface area contributed by atoms with Gasteiger partial charge >= 0.3 is 5.97 Å². The molecule has 0 aromatic carbocycles. The third-order valence-corrected chi connectivity index (χ3v) is 3.93. The summed E-state index contributed by atoms with van der Waals surface area (Å²) in [4.78, 5) is 14.6. The van der Waals surface area contributed by atoms with Crippen LogP contribution in [0.15, 0.2) is 0 Å². The molecule has 3 unspecified atom stereocenters. The van der Waals surface area contributed by atoms with Crippen LogP contribution in [-0.4, -0.2) is 61.4 Å². The van der Waals surface area contributed by atoms with E-state index in [4.69, 9.17) is 9.47 Å². The van der Waals surface area contributed by atoms with Gasteiger partial charge in [0.25, 0.3) is 0 Å². The average molecular weight is 286 g/mol. The van der Waals surface area contributed by atoms with Crippen LogP contribution in [0.1, 0.15) is 41.0 Å². The van der Waals surface area contributed by atoms with Gasteiger partial charge in [0, 0.05) is 24.7 Å². The van der Waals surface area contributed by atoms with Crippen molar-refractivity contribution in [1.82, 2.24) is 10.2 Å². The largest absolute Gasteiger partial charge is 0.468 e. The van der Waals surface area contributed by atoms with Gasteiger partial charge in [-0.25, -0.2) is 0 Å². The third-order valence-electron chi connectivity index (χ3n) is 3.93. The van der Waals surface area contributed by atoms with Gasteiger partial charge in [0.05, 0.1) is 20.3 Å². The van der Waals surface area contributed by atoms with Gasteiger partial charge in [-0.2, -0.15) is 0 Å². The molecule has 1 rings (SSSR count). The van der Waals surface area contributed by atoms with Crippen molar-refractivity contribution >= 4 is 5.97 Å². The van der Waals surface area contributed by atoms with Gasteiger partial charge in [-0.05, 0) is 41.0 Å². The van der Waals surface area contributed by atoms with E-state index in [-0.39, 0.29) is 12.0 Å². The molecule has 0 aromatic heterocycles. The van der Waals surface area contributed by atoms with Crippen LogP contribution in [0.2, 0.25) is 0 Å². The predicted molar refractivity (Wildman–Crippen MR) is 79.8 cm³/mol. The zero-order valence-electron chi connectivity index (χ0n) is 13.7. The lowest BCUT2D eigenvalue weighted by Gasteiger charge is -2.41. The van der Waals surface area contributed by atoms with Gasteiger partial charge in [-0.15, -0.1) is 0 Å². The van der Waals surface area contributed by atoms with Crippen LogP contribution in [0, 0.1) is 0 Å². The highest BCUT2D eigenvalue weighted by Crippen LogP contribution is 2.21. The van der Waals surface area contributed by atoms with Crippen LogP contribution in [0.4, 0.5) is 0 Å². The SMILES string of the molecule is COC(=O)C(C)(CC(C)N1CCOCC1C)NC(C)C. The Balaban J connectivity index is 2.75. The molecule has 1 heterocycles. The van der Waals surface area contributed by atoms with E-state index in [2.05, 4.69) is 24.1 Å². The highest BCUT2D eigenvalue weighted by molar-refractivity contribution is 5.80. The molecule has 0 amide bonds. The second-order valence-electron chi connectivity index (χ2n) is 6.34. The van der Waals surface area contributed by atoms with E-state index in [0.717, 1.165) is 26.2 Å². The second-order valence-corrected chi connectivity index (χ2v) is 6.34. The van der Waals surface area contributed by atoms with Gasteiger partial charge in [-0.3, -0.25) is 15.0 Å². The Kier molecular flexibility index (Phi) is 6.43. The maximum Gasteiger partial charge on any atom is 0.325 e. The average Bonchev–Trinajstić information content (AvgIpc) is 2.36. The fraction of sp³-hybridized carbons (Fsp3) is 0.933. The van der Waals surface area contributed by atoms with Gasteiger partial charge in [-0.1, -0.05) is 0 Å². The van der Waals surface area contributed by atoms with Crippen LogP contribution in [-0.2, 0) is 14.3 Å². The number of rotatable bonds is 6. The Bertz CT molecular complexity index is 322. The summed E-state index contributed by atoms with van der Waals surface area (Å²) < 4.78 is 10.5. The van der Waals surface area contributed by atoms with Gasteiger partial charge in [0.2, 0.25) is 0 Å². The molecule has 1 N–H and O–H groups in total. The molecule has 0 radical (unpaired) electrons. The first-order valence-corrected chi connectivity index (χ1v) is 7.49. The summed E-state index contributed by atoms with van der Waals surface area (Å²) in [5, 5.41) is 3.36. The smallest absolute Gasteiger partial charge is 0.325 e. The molecule has 0 aromatic rings. The number of nitrogens with one attached hydrogen (secondary N) is 1. The minimum Gasteiger partial charge on any atom is -0.468 e. The van der Waals surface area contributed by atoms with E-state index in [1.54, 1.807) is 0 Å². The number of hydrogen-bond donors (Lipinski definition) is 1. The van der Waals surface area contributed by atoms with Crippen molar-refractivity contribution in [3.05, 3.63) is 0 Å². The zero-order valence-corrected chi connectivity index (χ0v) is 13.7. The molecule has 0 saturated carbocycles. The first kappa shape index (κ1) is 17.4. The molecule has 0 aliphatic carbocycles. The second kappa shape index (κ2) is 7.38. The summed E-state index contributed by atoms with van der Waals surface area (Å²) >= 11 is 0. The summed E-state index contributed by atoms with van der Waals surface area (Å²) in [7, 11) is 1.45. The first-order chi connectivity index (χ1) is 9.30. The minimum absolute atomic E-state index is 0.195. The molecule has 5 nitrogen and oxygen atoms in total. The molecular formula is C15H30N2O3. The topological polar surface area (TPSA) is 50.8 Å². The molecule has 1 saturated heterocycles. The van der Waals surface area contributed by atoms with Crippen LogP contribution in [0.25, 0.3) is 0 Å². The van der Waals surface area contributed by atoms with Crippen LogP contribution in [0.3, 0.4) is 0 Å². The molecule has 0 spiro atoms. The van der Waals surface area contributed by atoms with Crippen molar-refractivity contribution in [2.24, 2.45) is 0 Å². The fourth-order valence-electron chi connectivity index (χ4n) is 3.17. The summed E-state index contributed by atoms with van der Waals surface area (Å²) in [6, 6.07) is 0.914.